The van der Waals surface area contributed by atoms with Gasteiger partial charge in [0, 0.05) is 24.7 Å². The Hall–Kier alpha value is -2.42. The standard InChI is InChI=1S/C17H18ClN3O4S/c1-21(2)26(24,25)14-8-5-7-13(10-14)17(23)20-19-16(22)11-12-6-3-4-9-15(12)18/h3-10H,11H2,1-2H3,(H,19,22)(H,20,23). The van der Waals surface area contributed by atoms with Crippen LogP contribution in [0.15, 0.2) is 53.4 Å². The number of halogens is 1. The summed E-state index contributed by atoms with van der Waals surface area (Å²) in [6, 6.07) is 12.4. The maximum Gasteiger partial charge on any atom is 0.269 e. The van der Waals surface area contributed by atoms with Crippen LogP contribution in [0.5, 0.6) is 0 Å². The molecule has 0 radical (unpaired) electrons. The van der Waals surface area contributed by atoms with Crippen LogP contribution in [0.4, 0.5) is 0 Å². The molecule has 0 spiro atoms. The van der Waals surface area contributed by atoms with E-state index in [1.807, 2.05) is 0 Å². The van der Waals surface area contributed by atoms with Gasteiger partial charge in [0.05, 0.1) is 11.3 Å². The molecule has 0 fully saturated rings. The van der Waals surface area contributed by atoms with E-state index in [1.165, 1.54) is 38.4 Å². The van der Waals surface area contributed by atoms with E-state index in [0.29, 0.717) is 10.6 Å². The minimum absolute atomic E-state index is 0.00496. The molecule has 0 saturated carbocycles. The molecule has 0 atom stereocenters. The molecule has 0 aromatic heterocycles. The normalized spacial score (nSPS) is 11.2. The second kappa shape index (κ2) is 8.31. The molecule has 0 aliphatic carbocycles. The first kappa shape index (κ1) is 19.9. The molecule has 2 rings (SSSR count). The molecule has 2 amide bonds. The highest BCUT2D eigenvalue weighted by molar-refractivity contribution is 7.89. The van der Waals surface area contributed by atoms with Crippen LogP contribution < -0.4 is 10.9 Å². The third-order valence-electron chi connectivity index (χ3n) is 3.50. The van der Waals surface area contributed by atoms with Gasteiger partial charge >= 0.3 is 0 Å². The Balaban J connectivity index is 2.02. The maximum atomic E-state index is 12.2. The molecule has 7 nitrogen and oxygen atoms in total. The molecule has 26 heavy (non-hydrogen) atoms. The zero-order valence-corrected chi connectivity index (χ0v) is 15.8. The van der Waals surface area contributed by atoms with Gasteiger partial charge in [-0.25, -0.2) is 12.7 Å². The predicted octanol–water partition coefficient (Wildman–Crippen LogP) is 1.59. The van der Waals surface area contributed by atoms with Crippen molar-refractivity contribution < 1.29 is 18.0 Å². The molecular weight excluding hydrogens is 378 g/mol. The Morgan fingerprint density at radius 2 is 1.73 bits per heavy atom. The lowest BCUT2D eigenvalue weighted by Gasteiger charge is -2.12. The molecule has 0 aliphatic heterocycles. The second-order valence-electron chi connectivity index (χ2n) is 5.59. The number of hydrazine groups is 1. The molecule has 2 aromatic rings. The Morgan fingerprint density at radius 3 is 2.38 bits per heavy atom. The van der Waals surface area contributed by atoms with Gasteiger partial charge in [0.25, 0.3) is 5.91 Å². The number of amides is 2. The third-order valence-corrected chi connectivity index (χ3v) is 5.68. The highest BCUT2D eigenvalue weighted by Gasteiger charge is 2.19. The zero-order chi connectivity index (χ0) is 19.3. The minimum atomic E-state index is -3.66. The quantitative estimate of drug-likeness (QED) is 0.751. The largest absolute Gasteiger partial charge is 0.273 e. The van der Waals surface area contributed by atoms with E-state index >= 15 is 0 Å². The van der Waals surface area contributed by atoms with Crippen LogP contribution in [0, 0.1) is 0 Å². The SMILES string of the molecule is CN(C)S(=O)(=O)c1cccc(C(=O)NNC(=O)Cc2ccccc2Cl)c1. The summed E-state index contributed by atoms with van der Waals surface area (Å²) in [6.45, 7) is 0. The zero-order valence-electron chi connectivity index (χ0n) is 14.2. The number of nitrogens with zero attached hydrogens (tertiary/aromatic N) is 1. The van der Waals surface area contributed by atoms with Crippen LogP contribution >= 0.6 is 11.6 Å². The topological polar surface area (TPSA) is 95.6 Å². The molecule has 138 valence electrons. The summed E-state index contributed by atoms with van der Waals surface area (Å²) in [7, 11) is -0.859. The van der Waals surface area contributed by atoms with Crippen molar-refractivity contribution in [3.05, 3.63) is 64.7 Å². The summed E-state index contributed by atoms with van der Waals surface area (Å²) in [4.78, 5) is 24.1. The molecule has 0 aliphatic rings. The van der Waals surface area contributed by atoms with Gasteiger partial charge in [-0.2, -0.15) is 0 Å². The highest BCUT2D eigenvalue weighted by Crippen LogP contribution is 2.16. The van der Waals surface area contributed by atoms with E-state index in [-0.39, 0.29) is 16.9 Å². The van der Waals surface area contributed by atoms with Crippen LogP contribution in [0.1, 0.15) is 15.9 Å². The number of hydrogen-bond acceptors (Lipinski definition) is 4. The maximum absolute atomic E-state index is 12.2. The van der Waals surface area contributed by atoms with Gasteiger partial charge in [0.1, 0.15) is 0 Å². The number of carbonyl (C=O) groups excluding carboxylic acids is 2. The van der Waals surface area contributed by atoms with Crippen molar-refractivity contribution in [1.82, 2.24) is 15.2 Å². The lowest BCUT2D eigenvalue weighted by molar-refractivity contribution is -0.121. The fourth-order valence-corrected chi connectivity index (χ4v) is 3.22. The van der Waals surface area contributed by atoms with Gasteiger partial charge in [-0.3, -0.25) is 20.4 Å². The summed E-state index contributed by atoms with van der Waals surface area (Å²) < 4.78 is 25.3. The van der Waals surface area contributed by atoms with Crippen molar-refractivity contribution in [3.8, 4) is 0 Å². The molecule has 9 heteroatoms. The molecule has 0 unspecified atom stereocenters. The van der Waals surface area contributed by atoms with Crippen LogP contribution in [0.3, 0.4) is 0 Å². The average Bonchev–Trinajstić information content (AvgIpc) is 2.61. The van der Waals surface area contributed by atoms with E-state index in [4.69, 9.17) is 11.6 Å². The van der Waals surface area contributed by atoms with Gasteiger partial charge in [-0.05, 0) is 29.8 Å². The lowest BCUT2D eigenvalue weighted by atomic mass is 10.1. The van der Waals surface area contributed by atoms with Gasteiger partial charge < -0.3 is 0 Å². The van der Waals surface area contributed by atoms with Crippen molar-refractivity contribution in [2.45, 2.75) is 11.3 Å². The first-order valence-electron chi connectivity index (χ1n) is 7.57. The van der Waals surface area contributed by atoms with Crippen molar-refractivity contribution in [1.29, 1.82) is 0 Å². The monoisotopic (exact) mass is 395 g/mol. The lowest BCUT2D eigenvalue weighted by Crippen LogP contribution is -2.42. The van der Waals surface area contributed by atoms with Gasteiger partial charge in [-0.15, -0.1) is 0 Å². The van der Waals surface area contributed by atoms with Crippen molar-refractivity contribution in [2.75, 3.05) is 14.1 Å². The highest BCUT2D eigenvalue weighted by atomic mass is 35.5. The van der Waals surface area contributed by atoms with Gasteiger partial charge in [-0.1, -0.05) is 35.9 Å². The average molecular weight is 396 g/mol. The predicted molar refractivity (Wildman–Crippen MR) is 98.1 cm³/mol. The first-order valence-corrected chi connectivity index (χ1v) is 9.39. The summed E-state index contributed by atoms with van der Waals surface area (Å²) >= 11 is 5.98. The Morgan fingerprint density at radius 1 is 1.04 bits per heavy atom. The van der Waals surface area contributed by atoms with E-state index in [1.54, 1.807) is 24.3 Å². The number of rotatable bonds is 5. The van der Waals surface area contributed by atoms with E-state index in [9.17, 15) is 18.0 Å². The van der Waals surface area contributed by atoms with Gasteiger partial charge in [0.2, 0.25) is 15.9 Å². The molecular formula is C17H18ClN3O4S. The Kier molecular flexibility index (Phi) is 6.36. The van der Waals surface area contributed by atoms with Gasteiger partial charge in [0.15, 0.2) is 0 Å². The third kappa shape index (κ3) is 4.81. The summed E-state index contributed by atoms with van der Waals surface area (Å²) in [6.07, 6.45) is -0.00496. The van der Waals surface area contributed by atoms with Crippen LogP contribution in [0.2, 0.25) is 5.02 Å². The number of nitrogens with one attached hydrogen (secondary N) is 2. The number of hydrogen-bond donors (Lipinski definition) is 2. The Bertz CT molecular complexity index is 929. The first-order chi connectivity index (χ1) is 12.2. The fraction of sp³-hybridized carbons (Fsp3) is 0.176. The molecule has 0 bridgehead atoms. The molecule has 0 saturated heterocycles. The number of benzene rings is 2. The smallest absolute Gasteiger partial charge is 0.269 e. The van der Waals surface area contributed by atoms with E-state index in [2.05, 4.69) is 10.9 Å². The summed E-state index contributed by atoms with van der Waals surface area (Å²) in [5.74, 6) is -1.09. The molecule has 2 N–H and O–H groups in total. The number of sulfonamides is 1. The fourth-order valence-electron chi connectivity index (χ4n) is 2.07. The van der Waals surface area contributed by atoms with Crippen molar-refractivity contribution in [2.24, 2.45) is 0 Å². The van der Waals surface area contributed by atoms with Crippen LogP contribution in [-0.4, -0.2) is 38.6 Å². The summed E-state index contributed by atoms with van der Waals surface area (Å²) in [5.41, 5.74) is 5.26. The second-order valence-corrected chi connectivity index (χ2v) is 8.14. The van der Waals surface area contributed by atoms with Crippen molar-refractivity contribution >= 4 is 33.4 Å². The number of carbonyl (C=O) groups is 2. The molecule has 2 aromatic carbocycles. The van der Waals surface area contributed by atoms with E-state index < -0.39 is 21.8 Å². The summed E-state index contributed by atoms with van der Waals surface area (Å²) in [5, 5.41) is 0.454. The van der Waals surface area contributed by atoms with E-state index in [0.717, 1.165) is 4.31 Å². The molecule has 0 heterocycles. The van der Waals surface area contributed by atoms with Crippen LogP contribution in [-0.2, 0) is 21.2 Å². The van der Waals surface area contributed by atoms with Crippen molar-refractivity contribution in [3.63, 3.8) is 0 Å². The Labute approximate surface area is 157 Å². The van der Waals surface area contributed by atoms with Crippen LogP contribution in [0.25, 0.3) is 0 Å². The minimum Gasteiger partial charge on any atom is -0.273 e.